The standard InChI is InChI=1S/C14H14FNO4S/c1-3-14(2,13(19)20)16-12(18)11-10(17)8-6-7(15)4-5-9(8)21-11/h4-6,17H,3H2,1-2H3,(H,16,18)(H,19,20). The third kappa shape index (κ3) is 2.69. The molecule has 0 bridgehead atoms. The maximum atomic E-state index is 13.2. The summed E-state index contributed by atoms with van der Waals surface area (Å²) in [6.07, 6.45) is 0.189. The van der Waals surface area contributed by atoms with Crippen LogP contribution in [-0.4, -0.2) is 27.6 Å². The number of carboxylic acid groups (broad SMARTS) is 1. The predicted molar refractivity (Wildman–Crippen MR) is 77.2 cm³/mol. The lowest BCUT2D eigenvalue weighted by Gasteiger charge is -2.24. The molecular weight excluding hydrogens is 297 g/mol. The van der Waals surface area contributed by atoms with Crippen LogP contribution in [0.15, 0.2) is 18.2 Å². The molecule has 0 aliphatic carbocycles. The predicted octanol–water partition coefficient (Wildman–Crippen LogP) is 2.73. The Morgan fingerprint density at radius 3 is 2.67 bits per heavy atom. The Labute approximate surface area is 124 Å². The Kier molecular flexibility index (Phi) is 3.87. The van der Waals surface area contributed by atoms with Gasteiger partial charge in [-0.1, -0.05) is 6.92 Å². The highest BCUT2D eigenvalue weighted by Gasteiger charge is 2.34. The molecule has 0 saturated carbocycles. The summed E-state index contributed by atoms with van der Waals surface area (Å²) in [6, 6.07) is 3.82. The largest absolute Gasteiger partial charge is 0.506 e. The van der Waals surface area contributed by atoms with Gasteiger partial charge < -0.3 is 15.5 Å². The summed E-state index contributed by atoms with van der Waals surface area (Å²) in [7, 11) is 0. The van der Waals surface area contributed by atoms with E-state index in [0.717, 1.165) is 17.4 Å². The van der Waals surface area contributed by atoms with Gasteiger partial charge in [-0.2, -0.15) is 0 Å². The number of nitrogens with one attached hydrogen (secondary N) is 1. The molecule has 0 fully saturated rings. The molecule has 1 atom stereocenters. The molecule has 1 amide bonds. The first-order valence-corrected chi connectivity index (χ1v) is 7.07. The summed E-state index contributed by atoms with van der Waals surface area (Å²) in [4.78, 5) is 23.3. The first kappa shape index (κ1) is 15.2. The van der Waals surface area contributed by atoms with Gasteiger partial charge in [0.15, 0.2) is 0 Å². The Morgan fingerprint density at radius 2 is 2.10 bits per heavy atom. The molecule has 0 spiro atoms. The van der Waals surface area contributed by atoms with Crippen LogP contribution in [0.5, 0.6) is 5.75 Å². The van der Waals surface area contributed by atoms with Crippen LogP contribution >= 0.6 is 11.3 Å². The van der Waals surface area contributed by atoms with Crippen LogP contribution < -0.4 is 5.32 Å². The molecular formula is C14H14FNO4S. The maximum absolute atomic E-state index is 13.2. The van der Waals surface area contributed by atoms with Crippen LogP contribution in [0.2, 0.25) is 0 Å². The second-order valence-corrected chi connectivity index (χ2v) is 5.92. The van der Waals surface area contributed by atoms with E-state index in [0.29, 0.717) is 4.70 Å². The lowest BCUT2D eigenvalue weighted by atomic mass is 9.99. The topological polar surface area (TPSA) is 86.6 Å². The van der Waals surface area contributed by atoms with Crippen molar-refractivity contribution in [3.8, 4) is 5.75 Å². The van der Waals surface area contributed by atoms with Crippen molar-refractivity contribution in [2.24, 2.45) is 0 Å². The van der Waals surface area contributed by atoms with Gasteiger partial charge in [-0.3, -0.25) is 4.79 Å². The first-order chi connectivity index (χ1) is 9.78. The van der Waals surface area contributed by atoms with Gasteiger partial charge in [0.2, 0.25) is 0 Å². The quantitative estimate of drug-likeness (QED) is 0.810. The fourth-order valence-electron chi connectivity index (χ4n) is 1.81. The van der Waals surface area contributed by atoms with E-state index in [-0.39, 0.29) is 22.4 Å². The molecule has 3 N–H and O–H groups in total. The second kappa shape index (κ2) is 5.33. The second-order valence-electron chi connectivity index (χ2n) is 4.87. The summed E-state index contributed by atoms with van der Waals surface area (Å²) >= 11 is 0.982. The highest BCUT2D eigenvalue weighted by atomic mass is 32.1. The van der Waals surface area contributed by atoms with Gasteiger partial charge in [-0.25, -0.2) is 9.18 Å². The molecule has 1 aromatic carbocycles. The number of amides is 1. The summed E-state index contributed by atoms with van der Waals surface area (Å²) in [6.45, 7) is 3.02. The van der Waals surface area contributed by atoms with Crippen molar-refractivity contribution >= 4 is 33.3 Å². The van der Waals surface area contributed by atoms with Crippen molar-refractivity contribution in [2.45, 2.75) is 25.8 Å². The average molecular weight is 311 g/mol. The molecule has 0 aliphatic rings. The number of hydrogen-bond donors (Lipinski definition) is 3. The van der Waals surface area contributed by atoms with Crippen LogP contribution in [0, 0.1) is 5.82 Å². The van der Waals surface area contributed by atoms with Gasteiger partial charge in [-0.05, 0) is 31.5 Å². The van der Waals surface area contributed by atoms with Crippen LogP contribution in [0.25, 0.3) is 10.1 Å². The van der Waals surface area contributed by atoms with E-state index in [9.17, 15) is 19.1 Å². The Bertz CT molecular complexity index is 727. The normalized spacial score (nSPS) is 13.9. The molecule has 1 unspecified atom stereocenters. The minimum atomic E-state index is -1.43. The van der Waals surface area contributed by atoms with Crippen molar-refractivity contribution in [2.75, 3.05) is 0 Å². The van der Waals surface area contributed by atoms with Gasteiger partial charge in [0, 0.05) is 10.1 Å². The van der Waals surface area contributed by atoms with Gasteiger partial charge >= 0.3 is 5.97 Å². The minimum Gasteiger partial charge on any atom is -0.506 e. The first-order valence-electron chi connectivity index (χ1n) is 6.25. The van der Waals surface area contributed by atoms with Gasteiger partial charge in [0.1, 0.15) is 22.0 Å². The summed E-state index contributed by atoms with van der Waals surface area (Å²) in [5.74, 6) is -2.71. The maximum Gasteiger partial charge on any atom is 0.329 e. The number of carboxylic acids is 1. The number of hydrogen-bond acceptors (Lipinski definition) is 4. The molecule has 0 radical (unpaired) electrons. The van der Waals surface area contributed by atoms with E-state index in [4.69, 9.17) is 5.11 Å². The third-order valence-corrected chi connectivity index (χ3v) is 4.56. The molecule has 112 valence electrons. The molecule has 1 heterocycles. The Morgan fingerprint density at radius 1 is 1.43 bits per heavy atom. The van der Waals surface area contributed by atoms with Crippen molar-refractivity contribution < 1.29 is 24.2 Å². The number of thiophene rings is 1. The molecule has 7 heteroatoms. The lowest BCUT2D eigenvalue weighted by Crippen LogP contribution is -2.51. The van der Waals surface area contributed by atoms with E-state index in [1.54, 1.807) is 6.92 Å². The van der Waals surface area contributed by atoms with Crippen LogP contribution in [0.1, 0.15) is 29.9 Å². The van der Waals surface area contributed by atoms with Gasteiger partial charge in [0.25, 0.3) is 5.91 Å². The van der Waals surface area contributed by atoms with Crippen LogP contribution in [0.4, 0.5) is 4.39 Å². The number of benzene rings is 1. The van der Waals surface area contributed by atoms with Gasteiger partial charge in [0.05, 0.1) is 0 Å². The summed E-state index contributed by atoms with van der Waals surface area (Å²) in [5, 5.41) is 21.8. The zero-order chi connectivity index (χ0) is 15.8. The lowest BCUT2D eigenvalue weighted by molar-refractivity contribution is -0.143. The van der Waals surface area contributed by atoms with Crippen LogP contribution in [-0.2, 0) is 4.79 Å². The van der Waals surface area contributed by atoms with E-state index in [2.05, 4.69) is 5.32 Å². The number of fused-ring (bicyclic) bond motifs is 1. The third-order valence-electron chi connectivity index (χ3n) is 3.40. The number of rotatable bonds is 4. The molecule has 2 rings (SSSR count). The average Bonchev–Trinajstić information content (AvgIpc) is 2.75. The number of halogens is 1. The highest BCUT2D eigenvalue weighted by Crippen LogP contribution is 2.37. The summed E-state index contributed by atoms with van der Waals surface area (Å²) in [5.41, 5.74) is -1.43. The molecule has 2 aromatic rings. The molecule has 0 saturated heterocycles. The Hall–Kier alpha value is -2.15. The van der Waals surface area contributed by atoms with Crippen LogP contribution in [0.3, 0.4) is 0 Å². The van der Waals surface area contributed by atoms with Crippen molar-refractivity contribution in [1.82, 2.24) is 5.32 Å². The molecule has 1 aromatic heterocycles. The van der Waals surface area contributed by atoms with Crippen molar-refractivity contribution in [3.05, 3.63) is 28.9 Å². The number of aromatic hydroxyl groups is 1. The SMILES string of the molecule is CCC(C)(NC(=O)c1sc2ccc(F)cc2c1O)C(=O)O. The highest BCUT2D eigenvalue weighted by molar-refractivity contribution is 7.21. The number of carbonyl (C=O) groups is 2. The minimum absolute atomic E-state index is 0.0310. The fourth-order valence-corrected chi connectivity index (χ4v) is 2.78. The van der Waals surface area contributed by atoms with E-state index in [1.165, 1.54) is 19.1 Å². The van der Waals surface area contributed by atoms with Gasteiger partial charge in [-0.15, -0.1) is 11.3 Å². The van der Waals surface area contributed by atoms with E-state index < -0.39 is 23.2 Å². The summed E-state index contributed by atoms with van der Waals surface area (Å²) < 4.78 is 13.7. The monoisotopic (exact) mass is 311 g/mol. The zero-order valence-electron chi connectivity index (χ0n) is 11.4. The van der Waals surface area contributed by atoms with E-state index >= 15 is 0 Å². The molecule has 5 nitrogen and oxygen atoms in total. The van der Waals surface area contributed by atoms with Crippen molar-refractivity contribution in [1.29, 1.82) is 0 Å². The molecule has 0 aliphatic heterocycles. The number of aliphatic carboxylic acids is 1. The fraction of sp³-hybridized carbons (Fsp3) is 0.286. The van der Waals surface area contributed by atoms with E-state index in [1.807, 2.05) is 0 Å². The Balaban J connectivity index is 2.40. The molecule has 21 heavy (non-hydrogen) atoms. The number of carbonyl (C=O) groups excluding carboxylic acids is 1. The smallest absolute Gasteiger partial charge is 0.329 e. The van der Waals surface area contributed by atoms with Crippen molar-refractivity contribution in [3.63, 3.8) is 0 Å². The zero-order valence-corrected chi connectivity index (χ0v) is 12.3.